The lowest BCUT2D eigenvalue weighted by Crippen LogP contribution is -2.09. The molecule has 0 bridgehead atoms. The quantitative estimate of drug-likeness (QED) is 0.235. The van der Waals surface area contributed by atoms with Crippen LogP contribution in [0.3, 0.4) is 0 Å². The van der Waals surface area contributed by atoms with Crippen molar-refractivity contribution in [2.45, 2.75) is 103 Å². The third-order valence-corrected chi connectivity index (χ3v) is 4.45. The Morgan fingerprint density at radius 3 is 1.77 bits per heavy atom. The Hall–Kier alpha value is -0.500. The lowest BCUT2D eigenvalue weighted by atomic mass is 10.0. The third kappa shape index (κ3) is 14.4. The summed E-state index contributed by atoms with van der Waals surface area (Å²) in [6, 6.07) is 0. The van der Waals surface area contributed by atoms with E-state index in [0.29, 0.717) is 6.10 Å². The molecule has 0 N–H and O–H groups in total. The van der Waals surface area contributed by atoms with Crippen molar-refractivity contribution in [3.8, 4) is 0 Å². The molecule has 2 nitrogen and oxygen atoms in total. The van der Waals surface area contributed by atoms with Gasteiger partial charge in [-0.05, 0) is 25.8 Å². The summed E-state index contributed by atoms with van der Waals surface area (Å²) in [5, 5.41) is 0. The zero-order chi connectivity index (χ0) is 16.5. The molecule has 0 rings (SSSR count). The highest BCUT2D eigenvalue weighted by atomic mass is 16.5. The summed E-state index contributed by atoms with van der Waals surface area (Å²) in [5.74, 6) is 0.987. The molecule has 0 aromatic carbocycles. The van der Waals surface area contributed by atoms with Crippen LogP contribution in [-0.2, 0) is 9.47 Å². The van der Waals surface area contributed by atoms with Crippen LogP contribution in [0.2, 0.25) is 0 Å². The van der Waals surface area contributed by atoms with Crippen LogP contribution in [0.4, 0.5) is 0 Å². The van der Waals surface area contributed by atoms with E-state index in [1.807, 2.05) is 14.0 Å². The number of hydrogen-bond acceptors (Lipinski definition) is 2. The van der Waals surface area contributed by atoms with Gasteiger partial charge in [0.2, 0.25) is 0 Å². The molecule has 0 radical (unpaired) electrons. The number of allylic oxidation sites excluding steroid dienone is 1. The smallest absolute Gasteiger partial charge is 0.0885 e. The fourth-order valence-electron chi connectivity index (χ4n) is 2.75. The van der Waals surface area contributed by atoms with Gasteiger partial charge in [0.1, 0.15) is 0 Å². The van der Waals surface area contributed by atoms with E-state index in [1.54, 1.807) is 7.11 Å². The Morgan fingerprint density at radius 1 is 0.818 bits per heavy atom. The van der Waals surface area contributed by atoms with Crippen molar-refractivity contribution in [3.05, 3.63) is 11.8 Å². The monoisotopic (exact) mass is 312 g/mol. The molecule has 0 aliphatic rings. The Bertz CT molecular complexity index is 248. The van der Waals surface area contributed by atoms with Gasteiger partial charge in [0, 0.05) is 7.11 Å². The molecule has 0 aromatic heterocycles. The zero-order valence-corrected chi connectivity index (χ0v) is 15.7. The fourth-order valence-corrected chi connectivity index (χ4v) is 2.75. The van der Waals surface area contributed by atoms with Gasteiger partial charge in [-0.3, -0.25) is 0 Å². The van der Waals surface area contributed by atoms with Crippen molar-refractivity contribution in [2.24, 2.45) is 0 Å². The first-order valence-corrected chi connectivity index (χ1v) is 9.48. The summed E-state index contributed by atoms with van der Waals surface area (Å²) in [7, 11) is 3.54. The predicted octanol–water partition coefficient (Wildman–Crippen LogP) is 6.64. The van der Waals surface area contributed by atoms with Gasteiger partial charge in [-0.15, -0.1) is 0 Å². The standard InChI is InChI=1S/C20H40O2/c1-5-6-7-8-9-10-11-12-13-14-15-16-20(22-4)18-17-19(2)21-3/h17,20H,5-16,18H2,1-4H3/b19-17-. The van der Waals surface area contributed by atoms with Crippen LogP contribution >= 0.6 is 0 Å². The average Bonchev–Trinajstić information content (AvgIpc) is 2.54. The van der Waals surface area contributed by atoms with Gasteiger partial charge < -0.3 is 9.47 Å². The van der Waals surface area contributed by atoms with Gasteiger partial charge in [-0.1, -0.05) is 77.6 Å². The molecular formula is C20H40O2. The van der Waals surface area contributed by atoms with E-state index in [0.717, 1.165) is 12.2 Å². The minimum Gasteiger partial charge on any atom is -0.502 e. The van der Waals surface area contributed by atoms with Gasteiger partial charge in [-0.25, -0.2) is 0 Å². The van der Waals surface area contributed by atoms with Gasteiger partial charge in [0.05, 0.1) is 19.0 Å². The number of rotatable bonds is 16. The minimum absolute atomic E-state index is 0.351. The summed E-state index contributed by atoms with van der Waals surface area (Å²) in [5.41, 5.74) is 0. The second-order valence-corrected chi connectivity index (χ2v) is 6.44. The number of unbranched alkanes of at least 4 members (excludes halogenated alkanes) is 10. The molecule has 132 valence electrons. The van der Waals surface area contributed by atoms with E-state index in [4.69, 9.17) is 9.47 Å². The highest BCUT2D eigenvalue weighted by molar-refractivity contribution is 4.89. The minimum atomic E-state index is 0.351. The van der Waals surface area contributed by atoms with Crippen LogP contribution in [0.1, 0.15) is 97.3 Å². The van der Waals surface area contributed by atoms with Crippen molar-refractivity contribution in [2.75, 3.05) is 14.2 Å². The van der Waals surface area contributed by atoms with Crippen molar-refractivity contribution < 1.29 is 9.47 Å². The maximum Gasteiger partial charge on any atom is 0.0885 e. The second kappa shape index (κ2) is 16.9. The lowest BCUT2D eigenvalue weighted by molar-refractivity contribution is 0.0942. The van der Waals surface area contributed by atoms with Crippen LogP contribution in [0.15, 0.2) is 11.8 Å². The van der Waals surface area contributed by atoms with Crippen LogP contribution < -0.4 is 0 Å². The summed E-state index contributed by atoms with van der Waals surface area (Å²) >= 11 is 0. The summed E-state index contributed by atoms with van der Waals surface area (Å²) in [6.45, 7) is 4.28. The number of methoxy groups -OCH3 is 2. The Balaban J connectivity index is 3.36. The topological polar surface area (TPSA) is 18.5 Å². The van der Waals surface area contributed by atoms with E-state index in [9.17, 15) is 0 Å². The van der Waals surface area contributed by atoms with Crippen LogP contribution in [0.5, 0.6) is 0 Å². The molecule has 22 heavy (non-hydrogen) atoms. The van der Waals surface area contributed by atoms with Crippen molar-refractivity contribution in [3.63, 3.8) is 0 Å². The molecule has 0 aliphatic heterocycles. The average molecular weight is 313 g/mol. The fraction of sp³-hybridized carbons (Fsp3) is 0.900. The molecule has 0 spiro atoms. The molecule has 0 amide bonds. The molecule has 0 saturated carbocycles. The molecule has 0 saturated heterocycles. The lowest BCUT2D eigenvalue weighted by Gasteiger charge is -2.13. The Labute approximate surface area is 139 Å². The zero-order valence-electron chi connectivity index (χ0n) is 15.7. The van der Waals surface area contributed by atoms with Crippen LogP contribution in [0.25, 0.3) is 0 Å². The van der Waals surface area contributed by atoms with Crippen molar-refractivity contribution in [1.82, 2.24) is 0 Å². The summed E-state index contributed by atoms with van der Waals surface area (Å²) in [4.78, 5) is 0. The first kappa shape index (κ1) is 21.5. The largest absolute Gasteiger partial charge is 0.502 e. The Kier molecular flexibility index (Phi) is 16.5. The Morgan fingerprint density at radius 2 is 1.32 bits per heavy atom. The highest BCUT2D eigenvalue weighted by Gasteiger charge is 2.05. The summed E-state index contributed by atoms with van der Waals surface area (Å²) < 4.78 is 10.7. The molecule has 0 heterocycles. The molecule has 0 aliphatic carbocycles. The molecule has 0 aromatic rings. The van der Waals surface area contributed by atoms with Gasteiger partial charge >= 0.3 is 0 Å². The van der Waals surface area contributed by atoms with Gasteiger partial charge in [0.25, 0.3) is 0 Å². The molecule has 1 atom stereocenters. The normalized spacial score (nSPS) is 13.4. The number of hydrogen-bond donors (Lipinski definition) is 0. The molecule has 1 unspecified atom stereocenters. The van der Waals surface area contributed by atoms with E-state index in [1.165, 1.54) is 77.0 Å². The first-order valence-electron chi connectivity index (χ1n) is 9.48. The second-order valence-electron chi connectivity index (χ2n) is 6.44. The van der Waals surface area contributed by atoms with Gasteiger partial charge in [0.15, 0.2) is 0 Å². The van der Waals surface area contributed by atoms with E-state index < -0.39 is 0 Å². The van der Waals surface area contributed by atoms with Crippen LogP contribution in [-0.4, -0.2) is 20.3 Å². The van der Waals surface area contributed by atoms with E-state index in [-0.39, 0.29) is 0 Å². The molecular weight excluding hydrogens is 272 g/mol. The van der Waals surface area contributed by atoms with Crippen molar-refractivity contribution in [1.29, 1.82) is 0 Å². The maximum atomic E-state index is 5.54. The van der Waals surface area contributed by atoms with Crippen LogP contribution in [0, 0.1) is 0 Å². The maximum absolute atomic E-state index is 5.54. The van der Waals surface area contributed by atoms with E-state index in [2.05, 4.69) is 13.0 Å². The summed E-state index contributed by atoms with van der Waals surface area (Å²) in [6.07, 6.45) is 20.0. The van der Waals surface area contributed by atoms with Gasteiger partial charge in [-0.2, -0.15) is 0 Å². The predicted molar refractivity (Wildman–Crippen MR) is 97.3 cm³/mol. The first-order chi connectivity index (χ1) is 10.7. The molecule has 2 heteroatoms. The van der Waals surface area contributed by atoms with Crippen molar-refractivity contribution >= 4 is 0 Å². The third-order valence-electron chi connectivity index (χ3n) is 4.45. The SMILES string of the molecule is CCCCCCCCCCCCCC(C/C=C(/C)OC)OC. The number of ether oxygens (including phenoxy) is 2. The highest BCUT2D eigenvalue weighted by Crippen LogP contribution is 2.15. The molecule has 0 fully saturated rings. The van der Waals surface area contributed by atoms with E-state index >= 15 is 0 Å².